The quantitative estimate of drug-likeness (QED) is 0.533. The van der Waals surface area contributed by atoms with E-state index in [2.05, 4.69) is 15.3 Å². The summed E-state index contributed by atoms with van der Waals surface area (Å²) >= 11 is 6.32. The van der Waals surface area contributed by atoms with Crippen LogP contribution >= 0.6 is 11.6 Å². The van der Waals surface area contributed by atoms with E-state index in [4.69, 9.17) is 22.3 Å². The number of fused-ring (bicyclic) bond motifs is 1. The lowest BCUT2D eigenvalue weighted by Crippen LogP contribution is -2.27. The first kappa shape index (κ1) is 18.9. The molecular weight excluding hydrogens is 388 g/mol. The van der Waals surface area contributed by atoms with Gasteiger partial charge in [-0.15, -0.1) is 0 Å². The SMILES string of the molecule is Cc1cc(N[C@@H](C)c2nc3cccc(Cl)c3c(=O)n2-c2ccccc2)nc(N)n1. The van der Waals surface area contributed by atoms with Crippen molar-refractivity contribution in [1.82, 2.24) is 19.5 Å². The lowest BCUT2D eigenvalue weighted by Gasteiger charge is -2.20. The average molecular weight is 407 g/mol. The van der Waals surface area contributed by atoms with E-state index in [9.17, 15) is 4.79 Å². The van der Waals surface area contributed by atoms with E-state index in [0.717, 1.165) is 5.69 Å². The van der Waals surface area contributed by atoms with Gasteiger partial charge in [-0.3, -0.25) is 9.36 Å². The molecule has 0 spiro atoms. The number of benzene rings is 2. The van der Waals surface area contributed by atoms with Gasteiger partial charge in [0, 0.05) is 11.8 Å². The molecular formula is C21H19ClN6O. The van der Waals surface area contributed by atoms with Gasteiger partial charge >= 0.3 is 0 Å². The number of rotatable bonds is 4. The van der Waals surface area contributed by atoms with Crippen molar-refractivity contribution < 1.29 is 0 Å². The van der Waals surface area contributed by atoms with Crippen LogP contribution in [0.1, 0.15) is 24.5 Å². The normalized spacial score (nSPS) is 12.1. The first-order valence-electron chi connectivity index (χ1n) is 9.08. The van der Waals surface area contributed by atoms with E-state index in [-0.39, 0.29) is 17.5 Å². The number of nitrogen functional groups attached to an aromatic ring is 1. The van der Waals surface area contributed by atoms with Gasteiger partial charge in [0.05, 0.1) is 27.7 Å². The summed E-state index contributed by atoms with van der Waals surface area (Å²) in [5, 5.41) is 4.03. The second-order valence-electron chi connectivity index (χ2n) is 6.70. The van der Waals surface area contributed by atoms with Crippen molar-refractivity contribution in [2.75, 3.05) is 11.1 Å². The molecule has 0 aliphatic rings. The van der Waals surface area contributed by atoms with E-state index < -0.39 is 0 Å². The number of aryl methyl sites for hydroxylation is 1. The number of anilines is 2. The fourth-order valence-corrected chi connectivity index (χ4v) is 3.53. The van der Waals surface area contributed by atoms with E-state index in [1.165, 1.54) is 0 Å². The molecule has 0 aliphatic heterocycles. The second kappa shape index (κ2) is 7.52. The Morgan fingerprint density at radius 2 is 1.83 bits per heavy atom. The Kier molecular flexibility index (Phi) is 4.90. The number of halogens is 1. The van der Waals surface area contributed by atoms with Gasteiger partial charge in [-0.05, 0) is 38.1 Å². The van der Waals surface area contributed by atoms with Crippen LogP contribution in [0, 0.1) is 6.92 Å². The highest BCUT2D eigenvalue weighted by Crippen LogP contribution is 2.24. The summed E-state index contributed by atoms with van der Waals surface area (Å²) in [6, 6.07) is 16.0. The Labute approximate surface area is 172 Å². The minimum Gasteiger partial charge on any atom is -0.368 e. The smallest absolute Gasteiger partial charge is 0.267 e. The molecule has 2 aromatic heterocycles. The Morgan fingerprint density at radius 1 is 1.07 bits per heavy atom. The van der Waals surface area contributed by atoms with Crippen molar-refractivity contribution in [2.24, 2.45) is 0 Å². The maximum absolute atomic E-state index is 13.4. The van der Waals surface area contributed by atoms with E-state index in [1.54, 1.807) is 28.8 Å². The minimum absolute atomic E-state index is 0.179. The van der Waals surface area contributed by atoms with Crippen LogP contribution in [0.4, 0.5) is 11.8 Å². The lowest BCUT2D eigenvalue weighted by atomic mass is 10.2. The zero-order chi connectivity index (χ0) is 20.5. The molecule has 7 nitrogen and oxygen atoms in total. The molecule has 0 bridgehead atoms. The van der Waals surface area contributed by atoms with Crippen molar-refractivity contribution in [1.29, 1.82) is 0 Å². The molecule has 2 aromatic carbocycles. The van der Waals surface area contributed by atoms with Crippen LogP contribution < -0.4 is 16.6 Å². The molecule has 0 radical (unpaired) electrons. The van der Waals surface area contributed by atoms with Gasteiger partial charge in [0.2, 0.25) is 5.95 Å². The number of hydrogen-bond donors (Lipinski definition) is 2. The second-order valence-corrected chi connectivity index (χ2v) is 7.11. The average Bonchev–Trinajstić information content (AvgIpc) is 2.67. The van der Waals surface area contributed by atoms with Crippen molar-refractivity contribution >= 4 is 34.3 Å². The Balaban J connectivity index is 1.91. The van der Waals surface area contributed by atoms with Gasteiger partial charge < -0.3 is 11.1 Å². The highest BCUT2D eigenvalue weighted by atomic mass is 35.5. The summed E-state index contributed by atoms with van der Waals surface area (Å²) in [5.74, 6) is 1.27. The molecule has 8 heteroatoms. The number of hydrogen-bond acceptors (Lipinski definition) is 6. The fourth-order valence-electron chi connectivity index (χ4n) is 3.28. The van der Waals surface area contributed by atoms with Gasteiger partial charge in [0.15, 0.2) is 0 Å². The third kappa shape index (κ3) is 3.64. The van der Waals surface area contributed by atoms with Crippen LogP contribution in [0.5, 0.6) is 0 Å². The van der Waals surface area contributed by atoms with E-state index in [1.807, 2.05) is 44.2 Å². The Hall–Kier alpha value is -3.45. The molecule has 29 heavy (non-hydrogen) atoms. The Morgan fingerprint density at radius 3 is 2.55 bits per heavy atom. The van der Waals surface area contributed by atoms with Gasteiger partial charge in [0.1, 0.15) is 11.6 Å². The predicted molar refractivity (Wildman–Crippen MR) is 116 cm³/mol. The molecule has 2 heterocycles. The number of nitrogens with two attached hydrogens (primary N) is 1. The largest absolute Gasteiger partial charge is 0.368 e. The van der Waals surface area contributed by atoms with Gasteiger partial charge in [0.25, 0.3) is 5.56 Å². The van der Waals surface area contributed by atoms with Gasteiger partial charge in [-0.25, -0.2) is 9.97 Å². The molecule has 0 unspecified atom stereocenters. The molecule has 1 atom stereocenters. The van der Waals surface area contributed by atoms with E-state index in [0.29, 0.717) is 33.3 Å². The summed E-state index contributed by atoms with van der Waals surface area (Å²) in [5.41, 5.74) is 7.52. The molecule has 0 aliphatic carbocycles. The van der Waals surface area contributed by atoms with Crippen molar-refractivity contribution in [3.8, 4) is 5.69 Å². The fraction of sp³-hybridized carbons (Fsp3) is 0.143. The standard InChI is InChI=1S/C21H19ClN6O/c1-12-11-17(27-21(23)24-12)25-13(2)19-26-16-10-6-9-15(22)18(16)20(29)28(19)14-7-4-3-5-8-14/h3-11,13H,1-2H3,(H3,23,24,25,27)/t13-/m0/s1. The monoisotopic (exact) mass is 406 g/mol. The Bertz CT molecular complexity index is 1240. The van der Waals surface area contributed by atoms with Gasteiger partial charge in [-0.2, -0.15) is 4.98 Å². The number of para-hydroxylation sites is 1. The van der Waals surface area contributed by atoms with Crippen LogP contribution in [0.2, 0.25) is 5.02 Å². The highest BCUT2D eigenvalue weighted by Gasteiger charge is 2.19. The lowest BCUT2D eigenvalue weighted by molar-refractivity contribution is 0.731. The van der Waals surface area contributed by atoms with Crippen molar-refractivity contribution in [2.45, 2.75) is 19.9 Å². The summed E-state index contributed by atoms with van der Waals surface area (Å²) in [6.07, 6.45) is 0. The number of aromatic nitrogens is 4. The summed E-state index contributed by atoms with van der Waals surface area (Å²) in [7, 11) is 0. The number of nitrogens with one attached hydrogen (secondary N) is 1. The molecule has 0 amide bonds. The first-order valence-corrected chi connectivity index (χ1v) is 9.46. The molecule has 0 saturated heterocycles. The van der Waals surface area contributed by atoms with Crippen molar-refractivity contribution in [3.63, 3.8) is 0 Å². The highest BCUT2D eigenvalue weighted by molar-refractivity contribution is 6.35. The molecule has 3 N–H and O–H groups in total. The minimum atomic E-state index is -0.347. The third-order valence-corrected chi connectivity index (χ3v) is 4.83. The van der Waals surface area contributed by atoms with Crippen LogP contribution in [0.25, 0.3) is 16.6 Å². The van der Waals surface area contributed by atoms with Crippen LogP contribution in [0.3, 0.4) is 0 Å². The van der Waals surface area contributed by atoms with Crippen molar-refractivity contribution in [3.05, 3.63) is 81.5 Å². The summed E-state index contributed by atoms with van der Waals surface area (Å²) in [4.78, 5) is 26.5. The van der Waals surface area contributed by atoms with Crippen LogP contribution in [0.15, 0.2) is 59.4 Å². The molecule has 4 rings (SSSR count). The molecule has 4 aromatic rings. The molecule has 146 valence electrons. The zero-order valence-corrected chi connectivity index (χ0v) is 16.7. The summed E-state index contributed by atoms with van der Waals surface area (Å²) in [6.45, 7) is 3.75. The maximum Gasteiger partial charge on any atom is 0.267 e. The number of nitrogens with zero attached hydrogens (tertiary/aromatic N) is 4. The zero-order valence-electron chi connectivity index (χ0n) is 15.9. The van der Waals surface area contributed by atoms with Gasteiger partial charge in [-0.1, -0.05) is 35.9 Å². The van der Waals surface area contributed by atoms with E-state index >= 15 is 0 Å². The molecule has 0 fully saturated rings. The first-order chi connectivity index (χ1) is 13.9. The summed E-state index contributed by atoms with van der Waals surface area (Å²) < 4.78 is 1.57. The van der Waals surface area contributed by atoms with Crippen LogP contribution in [-0.4, -0.2) is 19.5 Å². The molecule has 0 saturated carbocycles. The predicted octanol–water partition coefficient (Wildman–Crippen LogP) is 3.89. The maximum atomic E-state index is 13.4. The van der Waals surface area contributed by atoms with Crippen LogP contribution in [-0.2, 0) is 0 Å². The third-order valence-electron chi connectivity index (χ3n) is 4.51. The topological polar surface area (TPSA) is 98.7 Å².